The molecule has 9 heteroatoms. The Hall–Kier alpha value is -3.79. The van der Waals surface area contributed by atoms with Crippen molar-refractivity contribution in [1.82, 2.24) is 15.1 Å². The van der Waals surface area contributed by atoms with Crippen molar-refractivity contribution in [2.24, 2.45) is 0 Å². The molecule has 2 aliphatic heterocycles. The van der Waals surface area contributed by atoms with E-state index in [1.54, 1.807) is 36.4 Å². The fourth-order valence-electron chi connectivity index (χ4n) is 6.08. The maximum Gasteiger partial charge on any atom is 0.249 e. The number of hydrogen-bond acceptors (Lipinski definition) is 6. The van der Waals surface area contributed by atoms with Crippen LogP contribution in [0.2, 0.25) is 0 Å². The van der Waals surface area contributed by atoms with Crippen LogP contribution in [0, 0.1) is 5.82 Å². The second-order valence-corrected chi connectivity index (χ2v) is 11.8. The van der Waals surface area contributed by atoms with E-state index < -0.39 is 6.04 Å². The lowest BCUT2D eigenvalue weighted by atomic mass is 9.95. The summed E-state index contributed by atoms with van der Waals surface area (Å²) in [6.07, 6.45) is 6.89. The molecule has 2 heterocycles. The van der Waals surface area contributed by atoms with Crippen LogP contribution >= 0.6 is 0 Å². The van der Waals surface area contributed by atoms with Gasteiger partial charge in [0.25, 0.3) is 0 Å². The highest BCUT2D eigenvalue weighted by Gasteiger charge is 2.31. The number of rotatable bonds is 13. The van der Waals surface area contributed by atoms with Crippen molar-refractivity contribution in [2.45, 2.75) is 63.3 Å². The first kappa shape index (κ1) is 31.6. The number of ether oxygens (including phenoxy) is 2. The van der Waals surface area contributed by atoms with Crippen LogP contribution in [0.5, 0.6) is 11.5 Å². The highest BCUT2D eigenvalue weighted by atomic mass is 19.1. The van der Waals surface area contributed by atoms with Gasteiger partial charge < -0.3 is 25.0 Å². The van der Waals surface area contributed by atoms with Gasteiger partial charge in [0, 0.05) is 17.8 Å². The van der Waals surface area contributed by atoms with E-state index in [2.05, 4.69) is 27.5 Å². The lowest BCUT2D eigenvalue weighted by Gasteiger charge is -2.38. The number of benzene rings is 3. The molecule has 0 saturated carbocycles. The Labute approximate surface area is 259 Å². The summed E-state index contributed by atoms with van der Waals surface area (Å²) >= 11 is 0. The minimum atomic E-state index is -0.870. The molecule has 44 heavy (non-hydrogen) atoms. The van der Waals surface area contributed by atoms with E-state index in [0.29, 0.717) is 35.9 Å². The van der Waals surface area contributed by atoms with Gasteiger partial charge in [0.05, 0.1) is 19.8 Å². The molecule has 0 aromatic heterocycles. The van der Waals surface area contributed by atoms with Crippen LogP contribution < -0.4 is 15.4 Å². The molecular weight excluding hydrogens is 559 g/mol. The van der Waals surface area contributed by atoms with Crippen LogP contribution in [0.1, 0.15) is 44.1 Å². The third-order valence-corrected chi connectivity index (χ3v) is 8.53. The van der Waals surface area contributed by atoms with E-state index in [9.17, 15) is 14.0 Å². The van der Waals surface area contributed by atoms with E-state index >= 15 is 0 Å². The number of nitrogens with zero attached hydrogens (tertiary/aromatic N) is 2. The Morgan fingerprint density at radius 1 is 0.886 bits per heavy atom. The Kier molecular flexibility index (Phi) is 11.4. The van der Waals surface area contributed by atoms with Gasteiger partial charge >= 0.3 is 0 Å². The van der Waals surface area contributed by atoms with Gasteiger partial charge in [-0.1, -0.05) is 36.8 Å². The van der Waals surface area contributed by atoms with Gasteiger partial charge in [0.1, 0.15) is 23.4 Å². The molecule has 2 unspecified atom stereocenters. The zero-order chi connectivity index (χ0) is 30.7. The normalized spacial score (nSPS) is 19.8. The summed E-state index contributed by atoms with van der Waals surface area (Å²) in [5.41, 5.74) is 1.54. The number of hydrogen-bond donors (Lipinski definition) is 2. The topological polar surface area (TPSA) is 83.1 Å². The molecule has 2 amide bonds. The van der Waals surface area contributed by atoms with Crippen molar-refractivity contribution >= 4 is 17.5 Å². The zero-order valence-corrected chi connectivity index (χ0v) is 25.4. The molecule has 3 aromatic rings. The molecule has 3 aromatic carbocycles. The monoisotopic (exact) mass is 602 g/mol. The van der Waals surface area contributed by atoms with Gasteiger partial charge in [-0.05, 0) is 106 Å². The summed E-state index contributed by atoms with van der Waals surface area (Å²) in [7, 11) is 2.20. The first-order valence-electron chi connectivity index (χ1n) is 15.6. The fourth-order valence-corrected chi connectivity index (χ4v) is 6.08. The number of piperidine rings is 1. The number of likely N-dealkylation sites (tertiary alicyclic amines) is 2. The lowest BCUT2D eigenvalue weighted by molar-refractivity contribution is -0.129. The maximum absolute atomic E-state index is 13.4. The number of anilines is 1. The summed E-state index contributed by atoms with van der Waals surface area (Å²) in [6, 6.07) is 22.4. The molecule has 0 aliphatic carbocycles. The Balaban J connectivity index is 1.19. The van der Waals surface area contributed by atoms with Crippen molar-refractivity contribution < 1.29 is 23.5 Å². The smallest absolute Gasteiger partial charge is 0.249 e. The van der Waals surface area contributed by atoms with Gasteiger partial charge in [0.15, 0.2) is 0 Å². The average Bonchev–Trinajstić information content (AvgIpc) is 3.44. The van der Waals surface area contributed by atoms with Crippen molar-refractivity contribution in [3.63, 3.8) is 0 Å². The number of amides is 2. The molecule has 8 nitrogen and oxygen atoms in total. The minimum absolute atomic E-state index is 0.0362. The lowest BCUT2D eigenvalue weighted by Crippen LogP contribution is -2.52. The first-order chi connectivity index (χ1) is 21.4. The molecule has 2 N–H and O–H groups in total. The van der Waals surface area contributed by atoms with E-state index in [-0.39, 0.29) is 30.8 Å². The SMILES string of the molecule is CN1CCCC1CC1CCCCN1CC(=O)N[C@@H](COCc1ccccc1)C(=O)Nc1ccc(Oc2ccc(F)cc2)cc1. The summed E-state index contributed by atoms with van der Waals surface area (Å²) in [5.74, 6) is 0.181. The highest BCUT2D eigenvalue weighted by Crippen LogP contribution is 2.27. The predicted molar refractivity (Wildman–Crippen MR) is 169 cm³/mol. The minimum Gasteiger partial charge on any atom is -0.457 e. The van der Waals surface area contributed by atoms with Crippen molar-refractivity contribution in [1.29, 1.82) is 0 Å². The highest BCUT2D eigenvalue weighted by molar-refractivity contribution is 5.97. The van der Waals surface area contributed by atoms with Crippen LogP contribution in [0.25, 0.3) is 0 Å². The van der Waals surface area contributed by atoms with Crippen molar-refractivity contribution in [3.8, 4) is 11.5 Å². The third-order valence-electron chi connectivity index (χ3n) is 8.53. The van der Waals surface area contributed by atoms with Gasteiger partial charge in [-0.15, -0.1) is 0 Å². The summed E-state index contributed by atoms with van der Waals surface area (Å²) in [6.45, 7) is 2.66. The van der Waals surface area contributed by atoms with Gasteiger partial charge in [-0.2, -0.15) is 0 Å². The summed E-state index contributed by atoms with van der Waals surface area (Å²) in [4.78, 5) is 31.5. The Bertz CT molecular complexity index is 1340. The van der Waals surface area contributed by atoms with Crippen LogP contribution in [-0.2, 0) is 20.9 Å². The van der Waals surface area contributed by atoms with Gasteiger partial charge in [-0.25, -0.2) is 4.39 Å². The molecular formula is C35H43FN4O4. The zero-order valence-electron chi connectivity index (χ0n) is 25.4. The standard InChI is InChI=1S/C35H43FN4O4/c1-39-20-7-11-29(39)22-30-10-5-6-21-40(30)23-34(41)38-33(25-43-24-26-8-3-2-4-9-26)35(42)37-28-14-18-32(19-15-28)44-31-16-12-27(36)13-17-31/h2-4,8-9,12-19,29-30,33H,5-7,10-11,20-25H2,1H3,(H,37,42)(H,38,41)/t29?,30?,33-/m0/s1. The largest absolute Gasteiger partial charge is 0.457 e. The second kappa shape index (κ2) is 15.8. The molecule has 0 spiro atoms. The second-order valence-electron chi connectivity index (χ2n) is 11.8. The molecule has 3 atom stereocenters. The van der Waals surface area contributed by atoms with E-state index in [1.165, 1.54) is 31.4 Å². The van der Waals surface area contributed by atoms with Crippen LogP contribution in [0.4, 0.5) is 10.1 Å². The van der Waals surface area contributed by atoms with Gasteiger partial charge in [-0.3, -0.25) is 14.5 Å². The van der Waals surface area contributed by atoms with Crippen LogP contribution in [0.3, 0.4) is 0 Å². The van der Waals surface area contributed by atoms with Gasteiger partial charge in [0.2, 0.25) is 11.8 Å². The molecule has 234 valence electrons. The number of carbonyl (C=O) groups is 2. The molecule has 2 aliphatic rings. The summed E-state index contributed by atoms with van der Waals surface area (Å²) < 4.78 is 24.9. The van der Waals surface area contributed by atoms with E-state index in [1.807, 2.05) is 30.3 Å². The van der Waals surface area contributed by atoms with Crippen LogP contribution in [0.15, 0.2) is 78.9 Å². The summed E-state index contributed by atoms with van der Waals surface area (Å²) in [5, 5.41) is 5.86. The van der Waals surface area contributed by atoms with Crippen molar-refractivity contribution in [2.75, 3.05) is 38.6 Å². The maximum atomic E-state index is 13.4. The quantitative estimate of drug-likeness (QED) is 0.265. The average molecular weight is 603 g/mol. The van der Waals surface area contributed by atoms with E-state index in [4.69, 9.17) is 9.47 Å². The van der Waals surface area contributed by atoms with Crippen molar-refractivity contribution in [3.05, 3.63) is 90.2 Å². The molecule has 0 radical (unpaired) electrons. The molecule has 2 saturated heterocycles. The van der Waals surface area contributed by atoms with E-state index in [0.717, 1.165) is 37.9 Å². The predicted octanol–water partition coefficient (Wildman–Crippen LogP) is 5.60. The Morgan fingerprint density at radius 3 is 2.30 bits per heavy atom. The molecule has 5 rings (SSSR count). The molecule has 2 fully saturated rings. The third kappa shape index (κ3) is 9.35. The molecule has 0 bridgehead atoms. The number of halogens is 1. The number of nitrogens with one attached hydrogen (secondary N) is 2. The first-order valence-corrected chi connectivity index (χ1v) is 15.6. The van der Waals surface area contributed by atoms with Crippen LogP contribution in [-0.4, -0.2) is 73.0 Å². The number of carbonyl (C=O) groups excluding carboxylic acids is 2. The Morgan fingerprint density at radius 2 is 1.59 bits per heavy atom. The fraction of sp³-hybridized carbons (Fsp3) is 0.429.